The second-order valence-electron chi connectivity index (χ2n) is 4.50. The summed E-state index contributed by atoms with van der Waals surface area (Å²) in [6, 6.07) is 6.20. The average molecular weight is 291 g/mol. The molecular weight excluding hydrogens is 277 g/mol. The van der Waals surface area contributed by atoms with Crippen LogP contribution < -0.4 is 4.74 Å². The molecule has 0 heterocycles. The number of benzene rings is 1. The van der Waals surface area contributed by atoms with Crippen LogP contribution in [0.3, 0.4) is 0 Å². The number of rotatable bonds is 2. The Labute approximate surface area is 115 Å². The lowest BCUT2D eigenvalue weighted by molar-refractivity contribution is -0.274. The molecule has 0 fully saturated rings. The van der Waals surface area contributed by atoms with E-state index in [-0.39, 0.29) is 11.1 Å². The summed E-state index contributed by atoms with van der Waals surface area (Å²) >= 11 is 6.11. The Balaban J connectivity index is 2.33. The van der Waals surface area contributed by atoms with E-state index in [0.29, 0.717) is 5.56 Å². The van der Waals surface area contributed by atoms with Crippen LogP contribution in [-0.2, 0) is 0 Å². The van der Waals surface area contributed by atoms with Gasteiger partial charge in [0, 0.05) is 5.56 Å². The van der Waals surface area contributed by atoms with Gasteiger partial charge in [0.25, 0.3) is 0 Å². The lowest BCUT2D eigenvalue weighted by atomic mass is 10.0. The number of alkyl halides is 4. The van der Waals surface area contributed by atoms with Gasteiger partial charge in [-0.15, -0.1) is 24.8 Å². The molecule has 5 heteroatoms. The molecule has 1 nitrogen and oxygen atoms in total. The highest BCUT2D eigenvalue weighted by Crippen LogP contribution is 2.35. The molecule has 0 radical (unpaired) electrons. The fourth-order valence-corrected chi connectivity index (χ4v) is 2.52. The van der Waals surface area contributed by atoms with Gasteiger partial charge in [-0.2, -0.15) is 0 Å². The van der Waals surface area contributed by atoms with Crippen molar-refractivity contribution in [1.82, 2.24) is 0 Å². The number of hydrogen-bond acceptors (Lipinski definition) is 1. The maximum atomic E-state index is 12.4. The molecule has 1 unspecified atom stereocenters. The molecule has 0 saturated carbocycles. The molecule has 0 bridgehead atoms. The molecule has 19 heavy (non-hydrogen) atoms. The maximum Gasteiger partial charge on any atom is 0.573 e. The normalized spacial score (nSPS) is 20.6. The van der Waals surface area contributed by atoms with E-state index >= 15 is 0 Å². The predicted octanol–water partition coefficient (Wildman–Crippen LogP) is 5.15. The Hall–Kier alpha value is -1.16. The van der Waals surface area contributed by atoms with E-state index in [1.807, 2.05) is 6.08 Å². The second-order valence-corrected chi connectivity index (χ2v) is 5.06. The quantitative estimate of drug-likeness (QED) is 0.684. The Bertz CT molecular complexity index is 468. The molecule has 1 aromatic carbocycles. The van der Waals surface area contributed by atoms with Gasteiger partial charge in [0.1, 0.15) is 5.75 Å². The third kappa shape index (κ3) is 4.16. The van der Waals surface area contributed by atoms with Crippen LogP contribution in [0.5, 0.6) is 5.75 Å². The number of para-hydroxylation sites is 1. The third-order valence-electron chi connectivity index (χ3n) is 3.02. The topological polar surface area (TPSA) is 9.23 Å². The molecule has 0 saturated heterocycles. The molecule has 104 valence electrons. The molecular formula is C14H14ClF3O. The summed E-state index contributed by atoms with van der Waals surface area (Å²) in [5.74, 6) is -0.160. The molecule has 0 N–H and O–H groups in total. The zero-order valence-corrected chi connectivity index (χ0v) is 11.0. The third-order valence-corrected chi connectivity index (χ3v) is 3.36. The Morgan fingerprint density at radius 2 is 1.89 bits per heavy atom. The van der Waals surface area contributed by atoms with Crippen LogP contribution in [0.4, 0.5) is 13.2 Å². The fraction of sp³-hybridized carbons (Fsp3) is 0.429. The summed E-state index contributed by atoms with van der Waals surface area (Å²) in [5.41, 5.74) is 1.31. The molecule has 2 rings (SSSR count). The van der Waals surface area contributed by atoms with Crippen LogP contribution >= 0.6 is 11.6 Å². The van der Waals surface area contributed by atoms with E-state index in [0.717, 1.165) is 31.3 Å². The monoisotopic (exact) mass is 290 g/mol. The highest BCUT2D eigenvalue weighted by molar-refractivity contribution is 6.22. The first kappa shape index (κ1) is 14.3. The van der Waals surface area contributed by atoms with Gasteiger partial charge in [-0.25, -0.2) is 0 Å². The number of halogens is 4. The Morgan fingerprint density at radius 1 is 1.16 bits per heavy atom. The van der Waals surface area contributed by atoms with Crippen LogP contribution in [0.25, 0.3) is 5.57 Å². The molecule has 0 spiro atoms. The van der Waals surface area contributed by atoms with Gasteiger partial charge in [-0.05, 0) is 30.9 Å². The van der Waals surface area contributed by atoms with Gasteiger partial charge in [-0.1, -0.05) is 30.7 Å². The molecule has 1 aliphatic carbocycles. The van der Waals surface area contributed by atoms with E-state index in [4.69, 9.17) is 11.6 Å². The summed E-state index contributed by atoms with van der Waals surface area (Å²) in [5, 5.41) is -0.128. The first-order valence-corrected chi connectivity index (χ1v) is 6.59. The van der Waals surface area contributed by atoms with Crippen molar-refractivity contribution >= 4 is 17.2 Å². The SMILES string of the molecule is FC(F)(F)Oc1ccccc1C1=CC(Cl)CCCC1. The number of allylic oxidation sites excluding steroid dienone is 2. The summed E-state index contributed by atoms with van der Waals surface area (Å²) in [6.07, 6.45) is 0.648. The smallest absolute Gasteiger partial charge is 0.405 e. The van der Waals surface area contributed by atoms with Gasteiger partial charge in [-0.3, -0.25) is 0 Å². The van der Waals surface area contributed by atoms with E-state index in [1.165, 1.54) is 12.1 Å². The maximum absolute atomic E-state index is 12.4. The molecule has 0 aromatic heterocycles. The first-order valence-electron chi connectivity index (χ1n) is 6.15. The molecule has 1 aliphatic rings. The largest absolute Gasteiger partial charge is 0.573 e. The van der Waals surface area contributed by atoms with Crippen molar-refractivity contribution in [3.63, 3.8) is 0 Å². The summed E-state index contributed by atoms with van der Waals surface area (Å²) in [6.45, 7) is 0. The standard InChI is InChI=1S/C14H14ClF3O/c15-11-6-2-1-5-10(9-11)12-7-3-4-8-13(12)19-14(16,17)18/h3-4,7-9,11H,1-2,5-6H2. The summed E-state index contributed by atoms with van der Waals surface area (Å²) in [4.78, 5) is 0. The summed E-state index contributed by atoms with van der Waals surface area (Å²) < 4.78 is 41.2. The highest BCUT2D eigenvalue weighted by atomic mass is 35.5. The van der Waals surface area contributed by atoms with Gasteiger partial charge < -0.3 is 4.74 Å². The van der Waals surface area contributed by atoms with Gasteiger partial charge in [0.05, 0.1) is 5.38 Å². The highest BCUT2D eigenvalue weighted by Gasteiger charge is 2.32. The van der Waals surface area contributed by atoms with Crippen molar-refractivity contribution in [3.8, 4) is 5.75 Å². The average Bonchev–Trinajstić information content (AvgIpc) is 2.52. The predicted molar refractivity (Wildman–Crippen MR) is 69.2 cm³/mol. The second kappa shape index (κ2) is 5.87. The van der Waals surface area contributed by atoms with E-state index in [2.05, 4.69) is 4.74 Å². The zero-order valence-electron chi connectivity index (χ0n) is 10.2. The Kier molecular flexibility index (Phi) is 4.40. The molecule has 1 aromatic rings. The molecule has 1 atom stereocenters. The van der Waals surface area contributed by atoms with Crippen molar-refractivity contribution in [2.45, 2.75) is 37.4 Å². The lowest BCUT2D eigenvalue weighted by Crippen LogP contribution is -2.18. The lowest BCUT2D eigenvalue weighted by Gasteiger charge is -2.15. The van der Waals surface area contributed by atoms with Crippen molar-refractivity contribution in [3.05, 3.63) is 35.9 Å². The number of ether oxygens (including phenoxy) is 1. The van der Waals surface area contributed by atoms with Crippen molar-refractivity contribution in [2.75, 3.05) is 0 Å². The van der Waals surface area contributed by atoms with E-state index in [1.54, 1.807) is 12.1 Å². The van der Waals surface area contributed by atoms with Gasteiger partial charge >= 0.3 is 6.36 Å². The minimum Gasteiger partial charge on any atom is -0.405 e. The van der Waals surface area contributed by atoms with Crippen LogP contribution in [0.2, 0.25) is 0 Å². The first-order chi connectivity index (χ1) is 8.96. The van der Waals surface area contributed by atoms with Crippen LogP contribution in [0, 0.1) is 0 Å². The van der Waals surface area contributed by atoms with Crippen LogP contribution in [-0.4, -0.2) is 11.7 Å². The van der Waals surface area contributed by atoms with Gasteiger partial charge in [0.15, 0.2) is 0 Å². The van der Waals surface area contributed by atoms with E-state index < -0.39 is 6.36 Å². The molecule has 0 aliphatic heterocycles. The minimum atomic E-state index is -4.68. The number of hydrogen-bond donors (Lipinski definition) is 0. The fourth-order valence-electron chi connectivity index (χ4n) is 2.21. The van der Waals surface area contributed by atoms with Crippen molar-refractivity contribution in [2.24, 2.45) is 0 Å². The van der Waals surface area contributed by atoms with E-state index in [9.17, 15) is 13.2 Å². The van der Waals surface area contributed by atoms with Crippen molar-refractivity contribution in [1.29, 1.82) is 0 Å². The molecule has 0 amide bonds. The van der Waals surface area contributed by atoms with Crippen molar-refractivity contribution < 1.29 is 17.9 Å². The van der Waals surface area contributed by atoms with Crippen LogP contribution in [0.1, 0.15) is 31.2 Å². The van der Waals surface area contributed by atoms with Crippen LogP contribution in [0.15, 0.2) is 30.3 Å². The minimum absolute atomic E-state index is 0.128. The van der Waals surface area contributed by atoms with Gasteiger partial charge in [0.2, 0.25) is 0 Å². The summed E-state index contributed by atoms with van der Waals surface area (Å²) in [7, 11) is 0. The zero-order chi connectivity index (χ0) is 13.9. The Morgan fingerprint density at radius 3 is 2.63 bits per heavy atom.